The molecule has 156 valence electrons. The highest BCUT2D eigenvalue weighted by Gasteiger charge is 2.42. The van der Waals surface area contributed by atoms with Gasteiger partial charge in [0.1, 0.15) is 16.9 Å². The highest BCUT2D eigenvalue weighted by Crippen LogP contribution is 2.36. The predicted molar refractivity (Wildman–Crippen MR) is 109 cm³/mol. The number of methoxy groups -OCH3 is 1. The summed E-state index contributed by atoms with van der Waals surface area (Å²) >= 11 is 0. The Balaban J connectivity index is 2.21. The van der Waals surface area contributed by atoms with Gasteiger partial charge in [-0.1, -0.05) is 26.7 Å². The average molecular weight is 392 g/mol. The molecule has 1 N–H and O–H groups in total. The maximum atomic E-state index is 13.0. The molecule has 1 saturated carbocycles. The summed E-state index contributed by atoms with van der Waals surface area (Å²) in [5.41, 5.74) is 0.0303. The molecule has 0 aromatic heterocycles. The lowest BCUT2D eigenvalue weighted by atomic mass is 9.78. The van der Waals surface area contributed by atoms with E-state index in [-0.39, 0.29) is 12.5 Å². The number of unbranched alkanes of at least 4 members (excludes halogenated alkanes) is 1. The van der Waals surface area contributed by atoms with Gasteiger partial charge in [0.2, 0.25) is 0 Å². The zero-order valence-corrected chi connectivity index (χ0v) is 17.5. The Hall–Kier alpha value is -2.08. The van der Waals surface area contributed by atoms with Crippen LogP contribution in [0.25, 0.3) is 0 Å². The average Bonchev–Trinajstić information content (AvgIpc) is 2.69. The Morgan fingerprint density at radius 3 is 2.71 bits per heavy atom. The number of hydrogen-bond donors (Lipinski definition) is 1. The quantitative estimate of drug-likeness (QED) is 0.493. The summed E-state index contributed by atoms with van der Waals surface area (Å²) in [6.45, 7) is 6.77. The van der Waals surface area contributed by atoms with Crippen molar-refractivity contribution >= 4 is 17.6 Å². The van der Waals surface area contributed by atoms with Gasteiger partial charge in [-0.15, -0.1) is 0 Å². The molecule has 28 heavy (non-hydrogen) atoms. The topological polar surface area (TPSA) is 73.9 Å². The maximum Gasteiger partial charge on any atom is 0.341 e. The first-order valence-electron chi connectivity index (χ1n) is 10.3. The Morgan fingerprint density at radius 2 is 2.07 bits per heavy atom. The van der Waals surface area contributed by atoms with Crippen LogP contribution in [0.2, 0.25) is 0 Å². The van der Waals surface area contributed by atoms with Crippen molar-refractivity contribution in [2.75, 3.05) is 25.6 Å². The van der Waals surface area contributed by atoms with Crippen LogP contribution < -0.4 is 10.1 Å². The van der Waals surface area contributed by atoms with Crippen LogP contribution in [-0.4, -0.2) is 37.8 Å². The number of amides is 1. The number of ether oxygens (including phenoxy) is 3. The van der Waals surface area contributed by atoms with Gasteiger partial charge in [-0.25, -0.2) is 4.79 Å². The minimum atomic E-state index is -0.821. The molecule has 2 unspecified atom stereocenters. The number of anilines is 1. The molecule has 1 fully saturated rings. The van der Waals surface area contributed by atoms with Crippen molar-refractivity contribution in [2.45, 2.75) is 64.9 Å². The van der Waals surface area contributed by atoms with E-state index in [9.17, 15) is 9.59 Å². The molecular weight excluding hydrogens is 358 g/mol. The van der Waals surface area contributed by atoms with E-state index in [2.05, 4.69) is 19.2 Å². The van der Waals surface area contributed by atoms with Gasteiger partial charge < -0.3 is 19.5 Å². The molecule has 0 saturated heterocycles. The van der Waals surface area contributed by atoms with Gasteiger partial charge in [-0.05, 0) is 56.7 Å². The second-order valence-electron chi connectivity index (χ2n) is 7.49. The van der Waals surface area contributed by atoms with Crippen LogP contribution in [0.1, 0.15) is 69.7 Å². The highest BCUT2D eigenvalue weighted by atomic mass is 16.5. The van der Waals surface area contributed by atoms with E-state index in [1.807, 2.05) is 0 Å². The third-order valence-electron chi connectivity index (χ3n) is 5.25. The molecule has 1 aliphatic carbocycles. The molecule has 0 radical (unpaired) electrons. The van der Waals surface area contributed by atoms with Crippen molar-refractivity contribution in [3.05, 3.63) is 23.8 Å². The Morgan fingerprint density at radius 1 is 1.29 bits per heavy atom. The van der Waals surface area contributed by atoms with E-state index < -0.39 is 11.6 Å². The van der Waals surface area contributed by atoms with Gasteiger partial charge in [0.25, 0.3) is 5.91 Å². The fourth-order valence-corrected chi connectivity index (χ4v) is 3.66. The lowest BCUT2D eigenvalue weighted by molar-refractivity contribution is -0.143. The molecule has 1 aromatic carbocycles. The predicted octanol–water partition coefficient (Wildman–Crippen LogP) is 4.58. The van der Waals surface area contributed by atoms with Crippen molar-refractivity contribution in [3.8, 4) is 5.75 Å². The number of rotatable bonds is 9. The SMILES string of the molecule is CCCCOc1ccc(NC(=O)C2(OC)CCCC(C)C2)cc1C(=O)OCC. The fraction of sp³-hybridized carbons (Fsp3) is 0.636. The first kappa shape index (κ1) is 22.2. The van der Waals surface area contributed by atoms with E-state index in [1.54, 1.807) is 32.2 Å². The summed E-state index contributed by atoms with van der Waals surface area (Å²) in [7, 11) is 1.59. The molecule has 1 amide bonds. The molecule has 0 spiro atoms. The Kier molecular flexibility index (Phi) is 8.30. The summed E-state index contributed by atoms with van der Waals surface area (Å²) in [4.78, 5) is 25.3. The van der Waals surface area contributed by atoms with Gasteiger partial charge in [0.15, 0.2) is 0 Å². The van der Waals surface area contributed by atoms with Gasteiger partial charge >= 0.3 is 5.97 Å². The van der Waals surface area contributed by atoms with Crippen LogP contribution in [0.4, 0.5) is 5.69 Å². The molecule has 0 heterocycles. The second kappa shape index (κ2) is 10.5. The van der Waals surface area contributed by atoms with Crippen LogP contribution in [0.3, 0.4) is 0 Å². The highest BCUT2D eigenvalue weighted by molar-refractivity contribution is 5.99. The number of nitrogens with one attached hydrogen (secondary N) is 1. The summed E-state index contributed by atoms with van der Waals surface area (Å²) in [5.74, 6) is 0.273. The maximum absolute atomic E-state index is 13.0. The van der Waals surface area contributed by atoms with Crippen molar-refractivity contribution in [1.82, 2.24) is 0 Å². The second-order valence-corrected chi connectivity index (χ2v) is 7.49. The number of esters is 1. The van der Waals surface area contributed by atoms with E-state index >= 15 is 0 Å². The molecule has 6 nitrogen and oxygen atoms in total. The zero-order chi connectivity index (χ0) is 20.6. The van der Waals surface area contributed by atoms with Crippen LogP contribution in [-0.2, 0) is 14.3 Å². The molecule has 2 atom stereocenters. The van der Waals surface area contributed by atoms with Gasteiger partial charge in [-0.2, -0.15) is 0 Å². The van der Waals surface area contributed by atoms with Crippen molar-refractivity contribution in [3.63, 3.8) is 0 Å². The van der Waals surface area contributed by atoms with Gasteiger partial charge in [0, 0.05) is 12.8 Å². The first-order valence-corrected chi connectivity index (χ1v) is 10.3. The summed E-state index contributed by atoms with van der Waals surface area (Å²) in [6, 6.07) is 5.07. The largest absolute Gasteiger partial charge is 0.493 e. The third kappa shape index (κ3) is 5.47. The number of carbonyl (C=O) groups excluding carboxylic acids is 2. The van der Waals surface area contributed by atoms with Crippen LogP contribution in [0.5, 0.6) is 5.75 Å². The lowest BCUT2D eigenvalue weighted by Gasteiger charge is -2.37. The van der Waals surface area contributed by atoms with Crippen LogP contribution in [0.15, 0.2) is 18.2 Å². The smallest absolute Gasteiger partial charge is 0.341 e. The van der Waals surface area contributed by atoms with Crippen molar-refractivity contribution in [1.29, 1.82) is 0 Å². The Bertz CT molecular complexity index is 675. The molecule has 0 aliphatic heterocycles. The summed E-state index contributed by atoms with van der Waals surface area (Å²) in [5, 5.41) is 2.93. The van der Waals surface area contributed by atoms with Crippen LogP contribution in [0, 0.1) is 5.92 Å². The van der Waals surface area contributed by atoms with Crippen LogP contribution >= 0.6 is 0 Å². The number of hydrogen-bond acceptors (Lipinski definition) is 5. The fourth-order valence-electron chi connectivity index (χ4n) is 3.66. The van der Waals surface area contributed by atoms with E-state index in [4.69, 9.17) is 14.2 Å². The van der Waals surface area contributed by atoms with Gasteiger partial charge in [-0.3, -0.25) is 4.79 Å². The number of carbonyl (C=O) groups is 2. The van der Waals surface area contributed by atoms with Crippen molar-refractivity contribution in [2.24, 2.45) is 5.92 Å². The number of benzene rings is 1. The van der Waals surface area contributed by atoms with Gasteiger partial charge in [0.05, 0.1) is 13.2 Å². The normalized spacial score (nSPS) is 21.8. The summed E-state index contributed by atoms with van der Waals surface area (Å²) in [6.07, 6.45) is 5.35. The Labute approximate surface area is 167 Å². The molecular formula is C22H33NO5. The molecule has 2 rings (SSSR count). The lowest BCUT2D eigenvalue weighted by Crippen LogP contribution is -2.47. The standard InChI is InChI=1S/C22H33NO5/c1-5-7-13-28-19-11-10-17(14-18(19)20(24)27-6-2)23-21(25)22(26-4)12-8-9-16(3)15-22/h10-11,14,16H,5-9,12-13,15H2,1-4H3,(H,23,25). The molecule has 1 aliphatic rings. The zero-order valence-electron chi connectivity index (χ0n) is 17.5. The molecule has 1 aromatic rings. The van der Waals surface area contributed by atoms with Crippen molar-refractivity contribution < 1.29 is 23.8 Å². The minimum absolute atomic E-state index is 0.170. The molecule has 0 bridgehead atoms. The van der Waals surface area contributed by atoms with E-state index in [0.717, 1.165) is 25.7 Å². The van der Waals surface area contributed by atoms with E-state index in [1.165, 1.54) is 0 Å². The minimum Gasteiger partial charge on any atom is -0.493 e. The first-order chi connectivity index (χ1) is 13.5. The third-order valence-corrected chi connectivity index (χ3v) is 5.25. The monoisotopic (exact) mass is 391 g/mol. The molecule has 6 heteroatoms. The van der Waals surface area contributed by atoms with E-state index in [0.29, 0.717) is 42.4 Å². The summed E-state index contributed by atoms with van der Waals surface area (Å²) < 4.78 is 16.5.